The molecule has 16 heavy (non-hydrogen) atoms. The van der Waals surface area contributed by atoms with Gasteiger partial charge in [-0.1, -0.05) is 13.0 Å². The molecule has 0 aromatic heterocycles. The fourth-order valence-electron chi connectivity index (χ4n) is 1.13. The quantitative estimate of drug-likeness (QED) is 0.399. The number of rotatable bonds is 8. The Morgan fingerprint density at radius 3 is 2.44 bits per heavy atom. The van der Waals surface area contributed by atoms with Crippen LogP contribution in [0, 0.1) is 0 Å². The molecule has 5 heteroatoms. The molecule has 0 atom stereocenters. The van der Waals surface area contributed by atoms with Gasteiger partial charge in [0.25, 0.3) is 0 Å². The van der Waals surface area contributed by atoms with Crippen LogP contribution in [0.3, 0.4) is 0 Å². The van der Waals surface area contributed by atoms with Crippen LogP contribution in [0.1, 0.15) is 20.3 Å². The second-order valence-electron chi connectivity index (χ2n) is 3.49. The predicted octanol–water partition coefficient (Wildman–Crippen LogP) is -0.171. The molecule has 0 aliphatic heterocycles. The molecular weight excluding hydrogens is 210 g/mol. The number of aliphatic hydroxyl groups excluding tert-OH is 2. The number of carbonyl (C=O) groups excluding carboxylic acids is 1. The third-order valence-electron chi connectivity index (χ3n) is 2.42. The number of hydrogen-bond donors (Lipinski definition) is 3. The Hall–Kier alpha value is -0.910. The van der Waals surface area contributed by atoms with Crippen LogP contribution in [0.5, 0.6) is 0 Å². The van der Waals surface area contributed by atoms with Gasteiger partial charge in [0, 0.05) is 12.6 Å². The first-order valence-electron chi connectivity index (χ1n) is 5.44. The van der Waals surface area contributed by atoms with E-state index in [1.54, 1.807) is 13.0 Å². The molecule has 0 saturated carbocycles. The Morgan fingerprint density at radius 1 is 1.38 bits per heavy atom. The molecule has 0 rings (SSSR count). The Labute approximate surface area is 96.1 Å². The second kappa shape index (κ2) is 8.27. The zero-order valence-corrected chi connectivity index (χ0v) is 9.90. The number of esters is 1. The van der Waals surface area contributed by atoms with Crippen molar-refractivity contribution < 1.29 is 19.7 Å². The molecule has 0 aliphatic rings. The summed E-state index contributed by atoms with van der Waals surface area (Å²) in [6.07, 6.45) is 3.53. The molecule has 0 amide bonds. The number of nitrogens with one attached hydrogen (secondary N) is 1. The van der Waals surface area contributed by atoms with Gasteiger partial charge in [-0.2, -0.15) is 0 Å². The van der Waals surface area contributed by atoms with Crippen LogP contribution < -0.4 is 5.32 Å². The normalized spacial score (nSPS) is 12.0. The zero-order valence-electron chi connectivity index (χ0n) is 9.90. The topological polar surface area (TPSA) is 78.8 Å². The summed E-state index contributed by atoms with van der Waals surface area (Å²) < 4.78 is 4.70. The van der Waals surface area contributed by atoms with Gasteiger partial charge in [0.2, 0.25) is 0 Å². The molecular formula is C11H21NO4. The molecule has 0 heterocycles. The average molecular weight is 231 g/mol. The van der Waals surface area contributed by atoms with Gasteiger partial charge in [-0.25, -0.2) is 4.79 Å². The van der Waals surface area contributed by atoms with Gasteiger partial charge in [-0.15, -0.1) is 0 Å². The van der Waals surface area contributed by atoms with Crippen molar-refractivity contribution in [3.8, 4) is 0 Å². The van der Waals surface area contributed by atoms with Crippen molar-refractivity contribution >= 4 is 5.97 Å². The lowest BCUT2D eigenvalue weighted by atomic mass is 9.98. The maximum atomic E-state index is 10.9. The molecule has 0 aromatic carbocycles. The lowest BCUT2D eigenvalue weighted by molar-refractivity contribution is -0.137. The summed E-state index contributed by atoms with van der Waals surface area (Å²) in [4.78, 5) is 10.9. The highest BCUT2D eigenvalue weighted by molar-refractivity contribution is 5.81. The van der Waals surface area contributed by atoms with Gasteiger partial charge >= 0.3 is 5.97 Å². The van der Waals surface area contributed by atoms with Gasteiger partial charge in [-0.05, 0) is 13.3 Å². The van der Waals surface area contributed by atoms with E-state index in [4.69, 9.17) is 14.9 Å². The summed E-state index contributed by atoms with van der Waals surface area (Å²) in [6, 6.07) is 0. The van der Waals surface area contributed by atoms with E-state index >= 15 is 0 Å². The molecule has 0 unspecified atom stereocenters. The van der Waals surface area contributed by atoms with Crippen LogP contribution in [0.15, 0.2) is 12.2 Å². The van der Waals surface area contributed by atoms with Gasteiger partial charge in [0.15, 0.2) is 0 Å². The van der Waals surface area contributed by atoms with Crippen molar-refractivity contribution in [2.45, 2.75) is 25.8 Å². The zero-order chi connectivity index (χ0) is 12.4. The molecule has 0 spiro atoms. The lowest BCUT2D eigenvalue weighted by Gasteiger charge is -2.29. The minimum atomic E-state index is -0.682. The van der Waals surface area contributed by atoms with E-state index in [-0.39, 0.29) is 19.2 Å². The number of hydrogen-bond acceptors (Lipinski definition) is 5. The van der Waals surface area contributed by atoms with E-state index in [0.29, 0.717) is 19.6 Å². The first-order valence-corrected chi connectivity index (χ1v) is 5.44. The summed E-state index contributed by atoms with van der Waals surface area (Å²) in [5.74, 6) is -0.389. The van der Waals surface area contributed by atoms with E-state index in [0.717, 1.165) is 0 Å². The Kier molecular flexibility index (Phi) is 7.80. The molecule has 0 fully saturated rings. The Bertz CT molecular complexity index is 216. The Morgan fingerprint density at radius 2 is 2.00 bits per heavy atom. The highest BCUT2D eigenvalue weighted by Gasteiger charge is 2.24. The van der Waals surface area contributed by atoms with Gasteiger partial charge in [0.1, 0.15) is 0 Å². The van der Waals surface area contributed by atoms with Crippen molar-refractivity contribution in [3.63, 3.8) is 0 Å². The first-order chi connectivity index (χ1) is 7.64. The van der Waals surface area contributed by atoms with Crippen molar-refractivity contribution in [2.24, 2.45) is 0 Å². The number of aliphatic hydroxyl groups is 2. The van der Waals surface area contributed by atoms with Crippen molar-refractivity contribution in [1.82, 2.24) is 5.32 Å². The van der Waals surface area contributed by atoms with E-state index in [2.05, 4.69) is 5.32 Å². The monoisotopic (exact) mass is 231 g/mol. The summed E-state index contributed by atoms with van der Waals surface area (Å²) >= 11 is 0. The van der Waals surface area contributed by atoms with Crippen LogP contribution in [-0.2, 0) is 9.53 Å². The third-order valence-corrected chi connectivity index (χ3v) is 2.42. The fourth-order valence-corrected chi connectivity index (χ4v) is 1.13. The number of carbonyl (C=O) groups is 1. The molecule has 0 saturated heterocycles. The van der Waals surface area contributed by atoms with Crippen LogP contribution in [0.2, 0.25) is 0 Å². The van der Waals surface area contributed by atoms with Crippen molar-refractivity contribution in [2.75, 3.05) is 26.4 Å². The minimum Gasteiger partial charge on any atom is -0.463 e. The second-order valence-corrected chi connectivity index (χ2v) is 3.49. The minimum absolute atomic E-state index is 0.146. The predicted molar refractivity (Wildman–Crippen MR) is 61.0 cm³/mol. The van der Waals surface area contributed by atoms with Crippen LogP contribution in [-0.4, -0.2) is 48.1 Å². The van der Waals surface area contributed by atoms with Crippen molar-refractivity contribution in [1.29, 1.82) is 0 Å². The van der Waals surface area contributed by atoms with Crippen molar-refractivity contribution in [3.05, 3.63) is 12.2 Å². The summed E-state index contributed by atoms with van der Waals surface area (Å²) in [6.45, 7) is 4.06. The molecule has 5 nitrogen and oxygen atoms in total. The van der Waals surface area contributed by atoms with Crippen LogP contribution in [0.25, 0.3) is 0 Å². The molecule has 94 valence electrons. The van der Waals surface area contributed by atoms with Crippen LogP contribution in [0.4, 0.5) is 0 Å². The van der Waals surface area contributed by atoms with Gasteiger partial charge < -0.3 is 20.3 Å². The van der Waals surface area contributed by atoms with E-state index < -0.39 is 5.54 Å². The smallest absolute Gasteiger partial charge is 0.330 e. The molecule has 0 aromatic rings. The van der Waals surface area contributed by atoms with Gasteiger partial charge in [0.05, 0.1) is 25.4 Å². The third kappa shape index (κ3) is 5.25. The SMILES string of the molecule is CCOC(=O)/C=C/CNC(CC)(CO)CO. The molecule has 0 radical (unpaired) electrons. The maximum Gasteiger partial charge on any atom is 0.330 e. The Balaban J connectivity index is 3.99. The first kappa shape index (κ1) is 15.1. The largest absolute Gasteiger partial charge is 0.463 e. The lowest BCUT2D eigenvalue weighted by Crippen LogP contribution is -2.51. The van der Waals surface area contributed by atoms with E-state index in [1.165, 1.54) is 6.08 Å². The van der Waals surface area contributed by atoms with Crippen LogP contribution >= 0.6 is 0 Å². The highest BCUT2D eigenvalue weighted by Crippen LogP contribution is 2.07. The maximum absolute atomic E-state index is 10.9. The fraction of sp³-hybridized carbons (Fsp3) is 0.727. The average Bonchev–Trinajstić information content (AvgIpc) is 2.31. The number of ether oxygens (including phenoxy) is 1. The van der Waals surface area contributed by atoms with Gasteiger partial charge in [-0.3, -0.25) is 0 Å². The summed E-state index contributed by atoms with van der Waals surface area (Å²) in [5, 5.41) is 21.2. The molecule has 3 N–H and O–H groups in total. The molecule has 0 bridgehead atoms. The summed E-state index contributed by atoms with van der Waals surface area (Å²) in [7, 11) is 0. The standard InChI is InChI=1S/C11H21NO4/c1-3-11(8-13,9-14)12-7-5-6-10(15)16-4-2/h5-6,12-14H,3-4,7-9H2,1-2H3/b6-5+. The highest BCUT2D eigenvalue weighted by atomic mass is 16.5. The van der Waals surface area contributed by atoms with E-state index in [1.807, 2.05) is 6.92 Å². The molecule has 0 aliphatic carbocycles. The summed E-state index contributed by atoms with van der Waals surface area (Å²) in [5.41, 5.74) is -0.682. The van der Waals surface area contributed by atoms with E-state index in [9.17, 15) is 4.79 Å².